The highest BCUT2D eigenvalue weighted by atomic mass is 16.5. The zero-order chi connectivity index (χ0) is 11.3. The largest absolute Gasteiger partial charge is 0.452 e. The van der Waals surface area contributed by atoms with Crippen molar-refractivity contribution in [2.45, 2.75) is 13.8 Å². The number of rotatable bonds is 2. The van der Waals surface area contributed by atoms with Gasteiger partial charge in [0.1, 0.15) is 0 Å². The molecule has 0 aliphatic rings. The minimum absolute atomic E-state index is 0.567. The molecule has 0 aliphatic carbocycles. The van der Waals surface area contributed by atoms with Crippen molar-refractivity contribution in [3.05, 3.63) is 35.4 Å². The molecule has 0 fully saturated rings. The van der Waals surface area contributed by atoms with E-state index in [1.807, 2.05) is 38.1 Å². The van der Waals surface area contributed by atoms with Crippen molar-refractivity contribution < 1.29 is 9.53 Å². The van der Waals surface area contributed by atoms with E-state index in [4.69, 9.17) is 0 Å². The quantitative estimate of drug-likeness (QED) is 0.595. The smallest absolute Gasteiger partial charge is 0.427 e. The average Bonchev–Trinajstić information content (AvgIpc) is 2.26. The molecule has 0 aromatic heterocycles. The van der Waals surface area contributed by atoms with E-state index in [1.54, 1.807) is 0 Å². The van der Waals surface area contributed by atoms with Gasteiger partial charge in [0.2, 0.25) is 0 Å². The first-order valence-corrected chi connectivity index (χ1v) is 4.59. The maximum Gasteiger partial charge on any atom is 0.427 e. The molecule has 1 aromatic carbocycles. The first kappa shape index (κ1) is 11.2. The summed E-state index contributed by atoms with van der Waals surface area (Å²) in [4.78, 5) is 10.8. The van der Waals surface area contributed by atoms with Gasteiger partial charge in [-0.05, 0) is 19.4 Å². The van der Waals surface area contributed by atoms with Crippen LogP contribution in [0.1, 0.15) is 18.1 Å². The molecule has 1 amide bonds. The summed E-state index contributed by atoms with van der Waals surface area (Å²) in [6.45, 7) is 3.82. The topological polar surface area (TPSA) is 50.7 Å². The second-order valence-corrected chi connectivity index (χ2v) is 3.12. The van der Waals surface area contributed by atoms with Crippen LogP contribution in [0, 0.1) is 6.92 Å². The van der Waals surface area contributed by atoms with Crippen LogP contribution in [0.25, 0.3) is 0 Å². The standard InChI is InChI=1S/C11H14N2O2/c1-8-6-4-5-7-10(8)9(2)12-13-11(14)15-3/h4-7H,1-3H3,(H,13,14)/b12-9-. The molecule has 0 radical (unpaired) electrons. The number of methoxy groups -OCH3 is 1. The molecule has 1 N–H and O–H groups in total. The van der Waals surface area contributed by atoms with Crippen LogP contribution in [0.4, 0.5) is 4.79 Å². The Morgan fingerprint density at radius 3 is 2.67 bits per heavy atom. The summed E-state index contributed by atoms with van der Waals surface area (Å²) < 4.78 is 4.41. The monoisotopic (exact) mass is 206 g/mol. The Hall–Kier alpha value is -1.84. The first-order valence-electron chi connectivity index (χ1n) is 4.59. The van der Waals surface area contributed by atoms with Crippen molar-refractivity contribution >= 4 is 11.8 Å². The number of nitrogens with one attached hydrogen (secondary N) is 1. The summed E-state index contributed by atoms with van der Waals surface area (Å²) in [5.41, 5.74) is 5.16. The second kappa shape index (κ2) is 5.14. The van der Waals surface area contributed by atoms with Gasteiger partial charge in [-0.3, -0.25) is 0 Å². The average molecular weight is 206 g/mol. The summed E-state index contributed by atoms with van der Waals surface area (Å²) in [6.07, 6.45) is -0.567. The van der Waals surface area contributed by atoms with Crippen LogP contribution in [0.2, 0.25) is 0 Å². The lowest BCUT2D eigenvalue weighted by molar-refractivity contribution is 0.171. The van der Waals surface area contributed by atoms with E-state index >= 15 is 0 Å². The Balaban J connectivity index is 2.80. The van der Waals surface area contributed by atoms with Gasteiger partial charge in [0.05, 0.1) is 12.8 Å². The molecule has 0 aliphatic heterocycles. The fourth-order valence-corrected chi connectivity index (χ4v) is 1.21. The van der Waals surface area contributed by atoms with E-state index in [-0.39, 0.29) is 0 Å². The van der Waals surface area contributed by atoms with Crippen molar-refractivity contribution in [1.29, 1.82) is 0 Å². The van der Waals surface area contributed by atoms with E-state index in [0.29, 0.717) is 0 Å². The fourth-order valence-electron chi connectivity index (χ4n) is 1.21. The molecule has 0 heterocycles. The predicted molar refractivity (Wildman–Crippen MR) is 58.9 cm³/mol. The van der Waals surface area contributed by atoms with Crippen LogP contribution in [0.3, 0.4) is 0 Å². The highest BCUT2D eigenvalue weighted by molar-refractivity contribution is 6.00. The third-order valence-corrected chi connectivity index (χ3v) is 2.04. The maximum atomic E-state index is 10.8. The van der Waals surface area contributed by atoms with E-state index in [2.05, 4.69) is 15.3 Å². The molecule has 80 valence electrons. The van der Waals surface area contributed by atoms with Gasteiger partial charge in [-0.2, -0.15) is 5.10 Å². The third kappa shape index (κ3) is 3.09. The minimum Gasteiger partial charge on any atom is -0.452 e. The molecule has 4 heteroatoms. The van der Waals surface area contributed by atoms with Gasteiger partial charge >= 0.3 is 6.09 Å². The highest BCUT2D eigenvalue weighted by Gasteiger charge is 2.01. The van der Waals surface area contributed by atoms with Crippen molar-refractivity contribution in [3.8, 4) is 0 Å². The predicted octanol–water partition coefficient (Wildman–Crippen LogP) is 2.08. The van der Waals surface area contributed by atoms with Crippen molar-refractivity contribution in [2.24, 2.45) is 5.10 Å². The van der Waals surface area contributed by atoms with Gasteiger partial charge in [-0.1, -0.05) is 24.3 Å². The minimum atomic E-state index is -0.567. The van der Waals surface area contributed by atoms with E-state index in [9.17, 15) is 4.79 Å². The number of amides is 1. The molecule has 4 nitrogen and oxygen atoms in total. The van der Waals surface area contributed by atoms with Crippen LogP contribution in [-0.4, -0.2) is 18.9 Å². The van der Waals surface area contributed by atoms with Gasteiger partial charge in [-0.15, -0.1) is 0 Å². The van der Waals surface area contributed by atoms with Crippen molar-refractivity contribution in [2.75, 3.05) is 7.11 Å². The zero-order valence-electron chi connectivity index (χ0n) is 9.07. The van der Waals surface area contributed by atoms with Crippen LogP contribution in [0.15, 0.2) is 29.4 Å². The molecule has 1 rings (SSSR count). The van der Waals surface area contributed by atoms with Crippen LogP contribution >= 0.6 is 0 Å². The van der Waals surface area contributed by atoms with Gasteiger partial charge in [-0.25, -0.2) is 10.2 Å². The molecular formula is C11H14N2O2. The normalized spacial score (nSPS) is 11.0. The molecular weight excluding hydrogens is 192 g/mol. The molecule has 0 unspecified atom stereocenters. The number of hydrogen-bond donors (Lipinski definition) is 1. The van der Waals surface area contributed by atoms with E-state index < -0.39 is 6.09 Å². The SMILES string of the molecule is COC(=O)N/N=C(/C)c1ccccc1C. The number of benzene rings is 1. The molecule has 0 bridgehead atoms. The summed E-state index contributed by atoms with van der Waals surface area (Å²) in [7, 11) is 1.30. The maximum absolute atomic E-state index is 10.8. The lowest BCUT2D eigenvalue weighted by Crippen LogP contribution is -2.18. The summed E-state index contributed by atoms with van der Waals surface area (Å²) in [5.74, 6) is 0. The number of aryl methyl sites for hydroxylation is 1. The Kier molecular flexibility index (Phi) is 3.85. The lowest BCUT2D eigenvalue weighted by atomic mass is 10.1. The van der Waals surface area contributed by atoms with Gasteiger partial charge in [0.25, 0.3) is 0 Å². The molecule has 1 aromatic rings. The number of carbonyl (C=O) groups is 1. The molecule has 15 heavy (non-hydrogen) atoms. The molecule has 0 atom stereocenters. The summed E-state index contributed by atoms with van der Waals surface area (Å²) in [5, 5.41) is 3.92. The summed E-state index contributed by atoms with van der Waals surface area (Å²) in [6, 6.07) is 7.83. The van der Waals surface area contributed by atoms with Gasteiger partial charge < -0.3 is 4.74 Å². The Labute approximate surface area is 88.9 Å². The van der Waals surface area contributed by atoms with Gasteiger partial charge in [0, 0.05) is 5.56 Å². The summed E-state index contributed by atoms with van der Waals surface area (Å²) >= 11 is 0. The number of ether oxygens (including phenoxy) is 1. The van der Waals surface area contributed by atoms with Gasteiger partial charge in [0.15, 0.2) is 0 Å². The molecule has 0 spiro atoms. The van der Waals surface area contributed by atoms with E-state index in [0.717, 1.165) is 16.8 Å². The van der Waals surface area contributed by atoms with Crippen LogP contribution in [0.5, 0.6) is 0 Å². The lowest BCUT2D eigenvalue weighted by Gasteiger charge is -2.04. The first-order chi connectivity index (χ1) is 7.15. The number of hydrazone groups is 1. The zero-order valence-corrected chi connectivity index (χ0v) is 9.07. The molecule has 0 saturated heterocycles. The molecule has 0 saturated carbocycles. The Morgan fingerprint density at radius 1 is 1.40 bits per heavy atom. The number of carbonyl (C=O) groups excluding carboxylic acids is 1. The fraction of sp³-hybridized carbons (Fsp3) is 0.273. The third-order valence-electron chi connectivity index (χ3n) is 2.04. The van der Waals surface area contributed by atoms with Crippen LogP contribution < -0.4 is 5.43 Å². The van der Waals surface area contributed by atoms with Crippen molar-refractivity contribution in [3.63, 3.8) is 0 Å². The van der Waals surface area contributed by atoms with E-state index in [1.165, 1.54) is 7.11 Å². The Morgan fingerprint density at radius 2 is 2.07 bits per heavy atom. The number of hydrogen-bond acceptors (Lipinski definition) is 3. The van der Waals surface area contributed by atoms with Crippen molar-refractivity contribution in [1.82, 2.24) is 5.43 Å². The number of nitrogens with zero attached hydrogens (tertiary/aromatic N) is 1. The van der Waals surface area contributed by atoms with Crippen LogP contribution in [-0.2, 0) is 4.74 Å². The second-order valence-electron chi connectivity index (χ2n) is 3.12. The highest BCUT2D eigenvalue weighted by Crippen LogP contribution is 2.07. The Bertz CT molecular complexity index is 386.